The standard InChI is InChI=1S/C20H17ClF2N2O2/c1-2-12-16(17-14(21)4-3-5-15(17)26)19(23)20-13(18(12)22)9-25-7-6-24-8-11(25)10-27-20/h1,3-5,11,24,26H,6-10H2. The topological polar surface area (TPSA) is 44.7 Å². The number of hydrogen-bond acceptors (Lipinski definition) is 4. The van der Waals surface area contributed by atoms with Crippen molar-refractivity contribution in [3.05, 3.63) is 46.0 Å². The highest BCUT2D eigenvalue weighted by Gasteiger charge is 2.34. The van der Waals surface area contributed by atoms with Gasteiger partial charge in [0.1, 0.15) is 18.2 Å². The largest absolute Gasteiger partial charge is 0.507 e. The van der Waals surface area contributed by atoms with Gasteiger partial charge in [-0.2, -0.15) is 0 Å². The highest BCUT2D eigenvalue weighted by Crippen LogP contribution is 2.45. The quantitative estimate of drug-likeness (QED) is 0.734. The first-order chi connectivity index (χ1) is 13.0. The van der Waals surface area contributed by atoms with E-state index in [1.54, 1.807) is 0 Å². The number of phenols is 1. The molecule has 2 aliphatic heterocycles. The van der Waals surface area contributed by atoms with Crippen LogP contribution in [0, 0.1) is 24.0 Å². The minimum Gasteiger partial charge on any atom is -0.507 e. The lowest BCUT2D eigenvalue weighted by atomic mass is 9.94. The second-order valence-corrected chi connectivity index (χ2v) is 7.01. The molecule has 2 heterocycles. The molecule has 0 aliphatic carbocycles. The minimum atomic E-state index is -0.810. The molecule has 1 atom stereocenters. The van der Waals surface area contributed by atoms with Crippen molar-refractivity contribution in [2.24, 2.45) is 0 Å². The highest BCUT2D eigenvalue weighted by atomic mass is 35.5. The summed E-state index contributed by atoms with van der Waals surface area (Å²) < 4.78 is 36.5. The van der Waals surface area contributed by atoms with E-state index in [0.29, 0.717) is 13.1 Å². The van der Waals surface area contributed by atoms with Crippen molar-refractivity contribution in [2.75, 3.05) is 26.2 Å². The maximum Gasteiger partial charge on any atom is 0.174 e. The molecular weight excluding hydrogens is 374 g/mol. The normalized spacial score (nSPS) is 19.4. The van der Waals surface area contributed by atoms with Gasteiger partial charge in [-0.3, -0.25) is 4.90 Å². The molecule has 27 heavy (non-hydrogen) atoms. The van der Waals surface area contributed by atoms with Gasteiger partial charge in [-0.05, 0) is 12.1 Å². The van der Waals surface area contributed by atoms with Crippen molar-refractivity contribution in [3.8, 4) is 35.0 Å². The van der Waals surface area contributed by atoms with Crippen LogP contribution in [-0.2, 0) is 6.54 Å². The number of terminal acetylenes is 1. The van der Waals surface area contributed by atoms with Crippen molar-refractivity contribution < 1.29 is 18.6 Å². The maximum atomic E-state index is 15.5. The molecule has 4 rings (SSSR count). The van der Waals surface area contributed by atoms with Crippen molar-refractivity contribution >= 4 is 11.6 Å². The first-order valence-corrected chi connectivity index (χ1v) is 8.96. The molecule has 0 spiro atoms. The third-order valence-electron chi connectivity index (χ3n) is 5.07. The van der Waals surface area contributed by atoms with E-state index in [0.717, 1.165) is 6.54 Å². The fourth-order valence-corrected chi connectivity index (χ4v) is 3.96. The summed E-state index contributed by atoms with van der Waals surface area (Å²) in [7, 11) is 0. The Hall–Kier alpha value is -2.33. The summed E-state index contributed by atoms with van der Waals surface area (Å²) in [6.45, 7) is 2.57. The lowest BCUT2D eigenvalue weighted by Gasteiger charge is -2.33. The average molecular weight is 391 g/mol. The molecule has 2 N–H and O–H groups in total. The number of fused-ring (bicyclic) bond motifs is 2. The van der Waals surface area contributed by atoms with Crippen LogP contribution in [0.3, 0.4) is 0 Å². The fraction of sp³-hybridized carbons (Fsp3) is 0.300. The van der Waals surface area contributed by atoms with Crippen molar-refractivity contribution in [1.29, 1.82) is 0 Å². The molecule has 0 radical (unpaired) electrons. The molecule has 1 saturated heterocycles. The number of benzene rings is 2. The zero-order valence-electron chi connectivity index (χ0n) is 14.4. The molecular formula is C20H17ClF2N2O2. The van der Waals surface area contributed by atoms with Gasteiger partial charge < -0.3 is 15.2 Å². The number of ether oxygens (including phenoxy) is 1. The van der Waals surface area contributed by atoms with Crippen LogP contribution >= 0.6 is 11.6 Å². The summed E-state index contributed by atoms with van der Waals surface area (Å²) in [6.07, 6.45) is 5.52. The summed E-state index contributed by atoms with van der Waals surface area (Å²) >= 11 is 6.16. The van der Waals surface area contributed by atoms with E-state index in [9.17, 15) is 5.11 Å². The van der Waals surface area contributed by atoms with Crippen LogP contribution in [0.5, 0.6) is 11.5 Å². The van der Waals surface area contributed by atoms with E-state index < -0.39 is 11.6 Å². The van der Waals surface area contributed by atoms with E-state index >= 15 is 8.78 Å². The molecule has 0 saturated carbocycles. The van der Waals surface area contributed by atoms with E-state index in [2.05, 4.69) is 16.1 Å². The predicted octanol–water partition coefficient (Wildman–Crippen LogP) is 3.14. The van der Waals surface area contributed by atoms with Gasteiger partial charge in [0, 0.05) is 42.9 Å². The van der Waals surface area contributed by atoms with Gasteiger partial charge in [-0.15, -0.1) is 6.42 Å². The number of aromatic hydroxyl groups is 1. The number of piperazine rings is 1. The summed E-state index contributed by atoms with van der Waals surface area (Å²) in [5.41, 5.74) is -0.472. The number of phenolic OH excluding ortho intramolecular Hbond substituents is 1. The van der Waals surface area contributed by atoms with Crippen LogP contribution in [0.25, 0.3) is 11.1 Å². The fourth-order valence-electron chi connectivity index (χ4n) is 3.70. The second-order valence-electron chi connectivity index (χ2n) is 6.60. The first kappa shape index (κ1) is 18.1. The van der Waals surface area contributed by atoms with E-state index in [4.69, 9.17) is 22.8 Å². The van der Waals surface area contributed by atoms with E-state index in [-0.39, 0.29) is 58.0 Å². The lowest BCUT2D eigenvalue weighted by Crippen LogP contribution is -2.52. The Morgan fingerprint density at radius 2 is 2.11 bits per heavy atom. The first-order valence-electron chi connectivity index (χ1n) is 8.58. The molecule has 7 heteroatoms. The zero-order chi connectivity index (χ0) is 19.1. The molecule has 140 valence electrons. The molecule has 0 aromatic heterocycles. The Balaban J connectivity index is 1.95. The van der Waals surface area contributed by atoms with Crippen molar-refractivity contribution in [1.82, 2.24) is 10.2 Å². The predicted molar refractivity (Wildman–Crippen MR) is 99.0 cm³/mol. The number of hydrogen-bond donors (Lipinski definition) is 2. The average Bonchev–Trinajstić information content (AvgIpc) is 2.85. The van der Waals surface area contributed by atoms with Crippen LogP contribution in [0.15, 0.2) is 18.2 Å². The summed E-state index contributed by atoms with van der Waals surface area (Å²) in [5, 5.41) is 13.5. The van der Waals surface area contributed by atoms with Crippen LogP contribution in [0.2, 0.25) is 5.02 Å². The number of halogens is 3. The summed E-state index contributed by atoms with van der Waals surface area (Å²) in [4.78, 5) is 2.05. The maximum absolute atomic E-state index is 15.5. The van der Waals surface area contributed by atoms with Gasteiger partial charge in [0.2, 0.25) is 0 Å². The molecule has 2 aromatic rings. The van der Waals surface area contributed by atoms with Crippen LogP contribution in [0.4, 0.5) is 8.78 Å². The third kappa shape index (κ3) is 2.92. The molecule has 0 amide bonds. The van der Waals surface area contributed by atoms with E-state index in [1.807, 2.05) is 0 Å². The zero-order valence-corrected chi connectivity index (χ0v) is 15.1. The smallest absolute Gasteiger partial charge is 0.174 e. The van der Waals surface area contributed by atoms with Crippen LogP contribution < -0.4 is 10.1 Å². The monoisotopic (exact) mass is 390 g/mol. The highest BCUT2D eigenvalue weighted by molar-refractivity contribution is 6.33. The molecule has 1 unspecified atom stereocenters. The van der Waals surface area contributed by atoms with Gasteiger partial charge in [-0.1, -0.05) is 23.6 Å². The molecule has 4 nitrogen and oxygen atoms in total. The Morgan fingerprint density at radius 1 is 1.30 bits per heavy atom. The van der Waals surface area contributed by atoms with E-state index in [1.165, 1.54) is 18.2 Å². The Morgan fingerprint density at radius 3 is 2.85 bits per heavy atom. The molecule has 2 aromatic carbocycles. The lowest BCUT2D eigenvalue weighted by molar-refractivity contribution is 0.118. The summed E-state index contributed by atoms with van der Waals surface area (Å²) in [5.74, 6) is 0.244. The van der Waals surface area contributed by atoms with Crippen molar-refractivity contribution in [2.45, 2.75) is 12.6 Å². The van der Waals surface area contributed by atoms with Gasteiger partial charge in [0.25, 0.3) is 0 Å². The Bertz CT molecular complexity index is 938. The molecule has 1 fully saturated rings. The van der Waals surface area contributed by atoms with Crippen LogP contribution in [-0.4, -0.2) is 42.3 Å². The van der Waals surface area contributed by atoms with Gasteiger partial charge in [-0.25, -0.2) is 8.78 Å². The number of rotatable bonds is 1. The van der Waals surface area contributed by atoms with Crippen LogP contribution in [0.1, 0.15) is 11.1 Å². The Labute approximate surface area is 160 Å². The number of nitrogens with one attached hydrogen (secondary N) is 1. The van der Waals surface area contributed by atoms with Gasteiger partial charge in [0.05, 0.1) is 16.6 Å². The second kappa shape index (κ2) is 7.01. The number of nitrogens with zero attached hydrogens (tertiary/aromatic N) is 1. The summed E-state index contributed by atoms with van der Waals surface area (Å²) in [6, 6.07) is 4.34. The minimum absolute atomic E-state index is 0.0106. The molecule has 2 aliphatic rings. The SMILES string of the molecule is C#Cc1c(F)c2c(c(F)c1-c1c(O)cccc1Cl)OCC1CNCCN1C2. The Kier molecular flexibility index (Phi) is 4.68. The molecule has 0 bridgehead atoms. The third-order valence-corrected chi connectivity index (χ3v) is 5.38. The van der Waals surface area contributed by atoms with Gasteiger partial charge >= 0.3 is 0 Å². The van der Waals surface area contributed by atoms with Gasteiger partial charge in [0.15, 0.2) is 11.6 Å². The van der Waals surface area contributed by atoms with Crippen molar-refractivity contribution in [3.63, 3.8) is 0 Å².